The monoisotopic (exact) mass is 568 g/mol. The standard InChI is InChI=1S/C28H32N4O7S/c1-18-10-12-19(13-11-18)40(36,37)30-17-16-21-20-8-6-7-9-22(20)32(27(35)39-28(2,3)4)23(21)14-15-24(33)25(31-29)26(34)38-5/h6-13,30H,14-17H2,1-5H3. The molecule has 0 fully saturated rings. The van der Waals surface area contributed by atoms with Crippen molar-refractivity contribution in [1.29, 1.82) is 0 Å². The van der Waals surface area contributed by atoms with Crippen LogP contribution in [0.5, 0.6) is 0 Å². The minimum absolute atomic E-state index is 0.00495. The van der Waals surface area contributed by atoms with E-state index < -0.39 is 39.2 Å². The number of rotatable bonds is 10. The van der Waals surface area contributed by atoms with E-state index in [1.165, 1.54) is 16.7 Å². The largest absolute Gasteiger partial charge is 0.460 e. The smallest absolute Gasteiger partial charge is 0.441 e. The first kappa shape index (κ1) is 30.4. The molecule has 12 heteroatoms. The van der Waals surface area contributed by atoms with Crippen LogP contribution < -0.4 is 4.72 Å². The van der Waals surface area contributed by atoms with Gasteiger partial charge in [-0.2, -0.15) is 4.79 Å². The number of hydrogen-bond donors (Lipinski definition) is 1. The third-order valence-electron chi connectivity index (χ3n) is 5.99. The summed E-state index contributed by atoms with van der Waals surface area (Å²) >= 11 is 0. The topological polar surface area (TPSA) is 157 Å². The van der Waals surface area contributed by atoms with E-state index in [0.29, 0.717) is 22.2 Å². The van der Waals surface area contributed by atoms with Crippen LogP contribution in [0.4, 0.5) is 4.79 Å². The molecule has 1 heterocycles. The summed E-state index contributed by atoms with van der Waals surface area (Å²) in [7, 11) is -2.74. The Labute approximate surface area is 232 Å². The van der Waals surface area contributed by atoms with E-state index in [2.05, 4.69) is 14.2 Å². The second-order valence-electron chi connectivity index (χ2n) is 10.1. The summed E-state index contributed by atoms with van der Waals surface area (Å²) in [6, 6.07) is 13.5. The van der Waals surface area contributed by atoms with Crippen molar-refractivity contribution in [3.63, 3.8) is 0 Å². The third-order valence-corrected chi connectivity index (χ3v) is 7.47. The number of esters is 1. The fourth-order valence-electron chi connectivity index (χ4n) is 4.19. The molecule has 0 atom stereocenters. The molecular weight excluding hydrogens is 536 g/mol. The first-order valence-corrected chi connectivity index (χ1v) is 14.0. The van der Waals surface area contributed by atoms with Gasteiger partial charge in [-0.1, -0.05) is 35.9 Å². The molecule has 40 heavy (non-hydrogen) atoms. The molecule has 11 nitrogen and oxygen atoms in total. The predicted octanol–water partition coefficient (Wildman–Crippen LogP) is 3.60. The molecule has 0 radical (unpaired) electrons. The van der Waals surface area contributed by atoms with Crippen LogP contribution >= 0.6 is 0 Å². The Kier molecular flexibility index (Phi) is 9.41. The highest BCUT2D eigenvalue weighted by atomic mass is 32.2. The summed E-state index contributed by atoms with van der Waals surface area (Å²) in [6.45, 7) is 7.03. The van der Waals surface area contributed by atoms with E-state index in [4.69, 9.17) is 10.3 Å². The maximum Gasteiger partial charge on any atom is 0.441 e. The Morgan fingerprint density at radius 3 is 2.27 bits per heavy atom. The number of nitrogens with one attached hydrogen (secondary N) is 1. The Morgan fingerprint density at radius 1 is 1.02 bits per heavy atom. The molecule has 3 rings (SSSR count). The molecule has 0 saturated carbocycles. The minimum Gasteiger partial charge on any atom is -0.460 e. The molecular formula is C28H32N4O7S. The summed E-state index contributed by atoms with van der Waals surface area (Å²) in [5.41, 5.74) is 10.0. The highest BCUT2D eigenvalue weighted by Crippen LogP contribution is 2.29. The van der Waals surface area contributed by atoms with Crippen molar-refractivity contribution in [3.8, 4) is 0 Å². The number of Topliss-reactive ketones (excluding diaryl/α,β-unsaturated/α-hetero) is 1. The summed E-state index contributed by atoms with van der Waals surface area (Å²) in [5, 5.41) is 0.675. The molecule has 1 aromatic heterocycles. The lowest BCUT2D eigenvalue weighted by Gasteiger charge is -2.21. The number of aryl methyl sites for hydroxylation is 1. The van der Waals surface area contributed by atoms with Crippen LogP contribution in [0.25, 0.3) is 16.4 Å². The fraction of sp³-hybridized carbons (Fsp3) is 0.357. The van der Waals surface area contributed by atoms with Gasteiger partial charge in [0.1, 0.15) is 5.60 Å². The van der Waals surface area contributed by atoms with Gasteiger partial charge in [0, 0.05) is 24.0 Å². The van der Waals surface area contributed by atoms with E-state index >= 15 is 0 Å². The van der Waals surface area contributed by atoms with E-state index in [0.717, 1.165) is 12.7 Å². The zero-order valence-corrected chi connectivity index (χ0v) is 23.9. The molecule has 1 N–H and O–H groups in total. The molecule has 0 bridgehead atoms. The number of carbonyl (C=O) groups excluding carboxylic acids is 3. The average Bonchev–Trinajstić information content (AvgIpc) is 3.20. The van der Waals surface area contributed by atoms with Gasteiger partial charge < -0.3 is 15.0 Å². The zero-order chi connectivity index (χ0) is 29.7. The Bertz CT molecular complexity index is 1590. The second kappa shape index (κ2) is 12.4. The number of benzene rings is 2. The molecule has 2 aromatic carbocycles. The van der Waals surface area contributed by atoms with E-state index in [1.54, 1.807) is 57.2 Å². The van der Waals surface area contributed by atoms with E-state index in [1.807, 2.05) is 6.92 Å². The molecule has 0 saturated heterocycles. The quantitative estimate of drug-likeness (QED) is 0.129. The highest BCUT2D eigenvalue weighted by molar-refractivity contribution is 7.89. The molecule has 0 aliphatic carbocycles. The Balaban J connectivity index is 2.01. The number of fused-ring (bicyclic) bond motifs is 1. The van der Waals surface area contributed by atoms with Crippen molar-refractivity contribution in [3.05, 3.63) is 70.9 Å². The van der Waals surface area contributed by atoms with Crippen LogP contribution in [0, 0.1) is 6.92 Å². The van der Waals surface area contributed by atoms with Crippen molar-refractivity contribution in [2.75, 3.05) is 13.7 Å². The molecule has 0 aliphatic heterocycles. The van der Waals surface area contributed by atoms with E-state index in [9.17, 15) is 22.8 Å². The third kappa shape index (κ3) is 7.09. The van der Waals surface area contributed by atoms with Gasteiger partial charge in [-0.3, -0.25) is 4.79 Å². The van der Waals surface area contributed by atoms with Crippen LogP contribution in [0.2, 0.25) is 0 Å². The van der Waals surface area contributed by atoms with Gasteiger partial charge in [-0.25, -0.2) is 27.3 Å². The first-order chi connectivity index (χ1) is 18.8. The Hall–Kier alpha value is -4.12. The van der Waals surface area contributed by atoms with Crippen molar-refractivity contribution in [2.45, 2.75) is 57.5 Å². The lowest BCUT2D eigenvalue weighted by atomic mass is 10.0. The van der Waals surface area contributed by atoms with Gasteiger partial charge >= 0.3 is 17.8 Å². The second-order valence-corrected chi connectivity index (χ2v) is 11.8. The fourth-order valence-corrected chi connectivity index (χ4v) is 5.22. The molecule has 0 unspecified atom stereocenters. The van der Waals surface area contributed by atoms with E-state index in [-0.39, 0.29) is 30.7 Å². The first-order valence-electron chi connectivity index (χ1n) is 12.5. The van der Waals surface area contributed by atoms with Crippen molar-refractivity contribution in [2.24, 2.45) is 0 Å². The van der Waals surface area contributed by atoms with Gasteiger partial charge in [-0.05, 0) is 64.3 Å². The maximum atomic E-state index is 13.3. The predicted molar refractivity (Wildman–Crippen MR) is 148 cm³/mol. The van der Waals surface area contributed by atoms with Crippen molar-refractivity contribution >= 4 is 44.5 Å². The number of ketones is 1. The van der Waals surface area contributed by atoms with Crippen LogP contribution in [0.1, 0.15) is 44.0 Å². The number of nitrogens with zero attached hydrogens (tertiary/aromatic N) is 3. The lowest BCUT2D eigenvalue weighted by Crippen LogP contribution is -2.30. The van der Waals surface area contributed by atoms with Gasteiger partial charge in [0.05, 0.1) is 17.5 Å². The molecule has 0 spiro atoms. The summed E-state index contributed by atoms with van der Waals surface area (Å²) in [5.74, 6) is -1.88. The number of aromatic nitrogens is 1. The number of hydrogen-bond acceptors (Lipinski definition) is 7. The van der Waals surface area contributed by atoms with Crippen molar-refractivity contribution in [1.82, 2.24) is 9.29 Å². The average molecular weight is 569 g/mol. The summed E-state index contributed by atoms with van der Waals surface area (Å²) in [6.07, 6.45) is -0.830. The molecule has 212 valence electrons. The van der Waals surface area contributed by atoms with Gasteiger partial charge in [-0.15, -0.1) is 0 Å². The summed E-state index contributed by atoms with van der Waals surface area (Å²) in [4.78, 5) is 40.8. The van der Waals surface area contributed by atoms with Crippen LogP contribution in [0.15, 0.2) is 53.4 Å². The maximum absolute atomic E-state index is 13.3. The summed E-state index contributed by atoms with van der Waals surface area (Å²) < 4.78 is 39.8. The van der Waals surface area contributed by atoms with Crippen LogP contribution in [0.3, 0.4) is 0 Å². The van der Waals surface area contributed by atoms with Gasteiger partial charge in [0.25, 0.3) is 5.78 Å². The Morgan fingerprint density at radius 2 is 1.68 bits per heavy atom. The molecule has 0 aliphatic rings. The SMILES string of the molecule is COC(=O)C(=[N+]=[N-])C(=O)CCc1c(CCNS(=O)(=O)c2ccc(C)cc2)c2ccccc2n1C(=O)OC(C)(C)C. The van der Waals surface area contributed by atoms with Crippen LogP contribution in [-0.4, -0.2) is 60.6 Å². The van der Waals surface area contributed by atoms with Crippen LogP contribution in [-0.2, 0) is 41.9 Å². The zero-order valence-electron chi connectivity index (χ0n) is 23.1. The normalized spacial score (nSPS) is 11.6. The number of ether oxygens (including phenoxy) is 2. The number of carbonyl (C=O) groups is 3. The number of sulfonamides is 1. The van der Waals surface area contributed by atoms with Crippen molar-refractivity contribution < 1.29 is 37.1 Å². The number of methoxy groups -OCH3 is 1. The minimum atomic E-state index is -3.80. The van der Waals surface area contributed by atoms with Gasteiger partial charge in [0.2, 0.25) is 10.0 Å². The molecule has 0 amide bonds. The van der Waals surface area contributed by atoms with Gasteiger partial charge in [0.15, 0.2) is 0 Å². The highest BCUT2D eigenvalue weighted by Gasteiger charge is 2.32. The lowest BCUT2D eigenvalue weighted by molar-refractivity contribution is -0.139. The number of para-hydroxylation sites is 1. The molecule has 3 aromatic rings.